The van der Waals surface area contributed by atoms with Crippen LogP contribution in [0.1, 0.15) is 0 Å². The molecule has 0 aliphatic carbocycles. The molecule has 5 nitrogen and oxygen atoms in total. The fraction of sp³-hybridized carbons (Fsp3) is 0. The molecule has 0 saturated carbocycles. The Kier molecular flexibility index (Phi) is 6.42. The predicted molar refractivity (Wildman–Crippen MR) is 202 cm³/mol. The molecule has 0 radical (unpaired) electrons. The molecule has 0 spiro atoms. The molecular weight excluding hydrogens is 615 g/mol. The third-order valence-electron chi connectivity index (χ3n) is 9.38. The lowest BCUT2D eigenvalue weighted by molar-refractivity contribution is 0.477. The lowest BCUT2D eigenvalue weighted by atomic mass is 9.97. The van der Waals surface area contributed by atoms with Gasteiger partial charge in [-0.1, -0.05) is 97.1 Å². The van der Waals surface area contributed by atoms with Crippen LogP contribution in [0.4, 0.5) is 34.1 Å². The van der Waals surface area contributed by atoms with Crippen molar-refractivity contribution < 1.29 is 9.47 Å². The van der Waals surface area contributed by atoms with Crippen molar-refractivity contribution in [3.05, 3.63) is 176 Å². The van der Waals surface area contributed by atoms with Crippen molar-refractivity contribution in [2.75, 3.05) is 9.80 Å². The molecule has 0 saturated heterocycles. The fourth-order valence-electron chi connectivity index (χ4n) is 7.15. The minimum absolute atomic E-state index is 0.801. The molecule has 5 heteroatoms. The zero-order valence-corrected chi connectivity index (χ0v) is 26.9. The first kappa shape index (κ1) is 28.2. The van der Waals surface area contributed by atoms with Crippen LogP contribution in [0.25, 0.3) is 33.3 Å². The Hall–Kier alpha value is -6.85. The zero-order valence-electron chi connectivity index (χ0n) is 26.9. The first-order chi connectivity index (χ1) is 24.8. The van der Waals surface area contributed by atoms with Gasteiger partial charge in [0.1, 0.15) is 0 Å². The Bertz CT molecular complexity index is 2380. The van der Waals surface area contributed by atoms with E-state index in [2.05, 4.69) is 137 Å². The van der Waals surface area contributed by atoms with Crippen molar-refractivity contribution in [2.45, 2.75) is 0 Å². The number of para-hydroxylation sites is 9. The average Bonchev–Trinajstić information content (AvgIpc) is 3.18. The molecule has 7 aromatic carbocycles. The van der Waals surface area contributed by atoms with Gasteiger partial charge in [-0.15, -0.1) is 0 Å². The van der Waals surface area contributed by atoms with E-state index < -0.39 is 0 Å². The topological polar surface area (TPSA) is 37.8 Å². The highest BCUT2D eigenvalue weighted by molar-refractivity contribution is 5.98. The van der Waals surface area contributed by atoms with E-state index in [1.165, 1.54) is 0 Å². The first-order valence-corrected chi connectivity index (χ1v) is 16.7. The number of ether oxygens (including phenoxy) is 2. The van der Waals surface area contributed by atoms with E-state index >= 15 is 0 Å². The highest BCUT2D eigenvalue weighted by Gasteiger charge is 2.30. The number of rotatable bonds is 4. The maximum atomic E-state index is 6.42. The molecule has 1 aromatic heterocycles. The van der Waals surface area contributed by atoms with E-state index in [9.17, 15) is 0 Å². The molecule has 0 unspecified atom stereocenters. The van der Waals surface area contributed by atoms with Gasteiger partial charge in [-0.25, -0.2) is 4.98 Å². The summed E-state index contributed by atoms with van der Waals surface area (Å²) in [5.41, 5.74) is 10.9. The molecule has 2 aliphatic rings. The van der Waals surface area contributed by atoms with E-state index in [0.29, 0.717) is 0 Å². The number of hydrogen-bond donors (Lipinski definition) is 0. The number of pyridine rings is 1. The Morgan fingerprint density at radius 1 is 0.380 bits per heavy atom. The number of hydrogen-bond acceptors (Lipinski definition) is 5. The Morgan fingerprint density at radius 2 is 0.820 bits per heavy atom. The Balaban J connectivity index is 1.27. The van der Waals surface area contributed by atoms with Crippen LogP contribution in [0.3, 0.4) is 0 Å². The SMILES string of the molecule is c1ccc(-c2cc(-c3cc(N4c5ccccc5Oc5ccccc54)cc(N4c5ccccc5Oc5ccccc54)c3)nc3ccccc23)cc1. The lowest BCUT2D eigenvalue weighted by Crippen LogP contribution is -2.18. The first-order valence-electron chi connectivity index (χ1n) is 16.7. The second-order valence-electron chi connectivity index (χ2n) is 12.4. The van der Waals surface area contributed by atoms with Crippen LogP contribution >= 0.6 is 0 Å². The Morgan fingerprint density at radius 3 is 1.34 bits per heavy atom. The van der Waals surface area contributed by atoms with Gasteiger partial charge in [0.15, 0.2) is 23.0 Å². The third kappa shape index (κ3) is 4.60. The van der Waals surface area contributed by atoms with Crippen LogP contribution in [0, 0.1) is 0 Å². The number of benzene rings is 7. The van der Waals surface area contributed by atoms with Gasteiger partial charge in [0.25, 0.3) is 0 Å². The van der Waals surface area contributed by atoms with Crippen LogP contribution in [0.15, 0.2) is 176 Å². The van der Waals surface area contributed by atoms with Gasteiger partial charge in [0.2, 0.25) is 0 Å². The second-order valence-corrected chi connectivity index (χ2v) is 12.4. The van der Waals surface area contributed by atoms with Crippen LogP contribution in [-0.4, -0.2) is 4.98 Å². The summed E-state index contributed by atoms with van der Waals surface area (Å²) in [5.74, 6) is 3.21. The molecule has 8 aromatic rings. The molecule has 2 aliphatic heterocycles. The van der Waals surface area contributed by atoms with Crippen LogP contribution in [0.2, 0.25) is 0 Å². The Labute approximate surface area is 289 Å². The predicted octanol–water partition coefficient (Wildman–Crippen LogP) is 12.7. The molecule has 0 bridgehead atoms. The van der Waals surface area contributed by atoms with Crippen molar-refractivity contribution in [3.8, 4) is 45.4 Å². The quantitative estimate of drug-likeness (QED) is 0.191. The molecule has 50 heavy (non-hydrogen) atoms. The number of nitrogens with zero attached hydrogens (tertiary/aromatic N) is 3. The second kappa shape index (κ2) is 11.4. The maximum Gasteiger partial charge on any atom is 0.151 e. The largest absolute Gasteiger partial charge is 0.453 e. The summed E-state index contributed by atoms with van der Waals surface area (Å²) < 4.78 is 12.8. The minimum atomic E-state index is 0.801. The van der Waals surface area contributed by atoms with Gasteiger partial charge in [-0.3, -0.25) is 0 Å². The molecule has 0 amide bonds. The van der Waals surface area contributed by atoms with E-state index in [0.717, 1.165) is 90.4 Å². The molecule has 10 rings (SSSR count). The van der Waals surface area contributed by atoms with Crippen molar-refractivity contribution in [2.24, 2.45) is 0 Å². The maximum absolute atomic E-state index is 6.42. The molecule has 3 heterocycles. The molecule has 0 fully saturated rings. The summed E-state index contributed by atoms with van der Waals surface area (Å²) in [4.78, 5) is 9.88. The van der Waals surface area contributed by atoms with E-state index in [1.54, 1.807) is 0 Å². The summed E-state index contributed by atoms with van der Waals surface area (Å²) >= 11 is 0. The van der Waals surface area contributed by atoms with Gasteiger partial charge >= 0.3 is 0 Å². The van der Waals surface area contributed by atoms with Gasteiger partial charge in [0, 0.05) is 22.3 Å². The highest BCUT2D eigenvalue weighted by Crippen LogP contribution is 2.54. The van der Waals surface area contributed by atoms with Crippen LogP contribution < -0.4 is 19.3 Å². The molecule has 0 N–H and O–H groups in total. The summed E-state index contributed by atoms with van der Waals surface area (Å²) in [6.45, 7) is 0. The van der Waals surface area contributed by atoms with Gasteiger partial charge in [-0.05, 0) is 90.0 Å². The zero-order chi connectivity index (χ0) is 33.0. The average molecular weight is 644 g/mol. The summed E-state index contributed by atoms with van der Waals surface area (Å²) in [6.07, 6.45) is 0. The number of fused-ring (bicyclic) bond motifs is 5. The van der Waals surface area contributed by atoms with Crippen molar-refractivity contribution in [3.63, 3.8) is 0 Å². The van der Waals surface area contributed by atoms with Gasteiger partial charge < -0.3 is 19.3 Å². The molecular formula is C45H29N3O2. The lowest BCUT2D eigenvalue weighted by Gasteiger charge is -2.36. The minimum Gasteiger partial charge on any atom is -0.453 e. The molecule has 0 atom stereocenters. The monoisotopic (exact) mass is 643 g/mol. The van der Waals surface area contributed by atoms with E-state index in [4.69, 9.17) is 14.5 Å². The number of anilines is 6. The van der Waals surface area contributed by atoms with Crippen LogP contribution in [-0.2, 0) is 0 Å². The highest BCUT2D eigenvalue weighted by atomic mass is 16.5. The molecule has 236 valence electrons. The van der Waals surface area contributed by atoms with Crippen molar-refractivity contribution in [1.29, 1.82) is 0 Å². The van der Waals surface area contributed by atoms with Crippen LogP contribution in [0.5, 0.6) is 23.0 Å². The number of aromatic nitrogens is 1. The third-order valence-corrected chi connectivity index (χ3v) is 9.38. The summed E-state index contributed by atoms with van der Waals surface area (Å²) in [5, 5.41) is 1.12. The van der Waals surface area contributed by atoms with Gasteiger partial charge in [-0.2, -0.15) is 0 Å². The summed E-state index contributed by atoms with van der Waals surface area (Å²) in [7, 11) is 0. The smallest absolute Gasteiger partial charge is 0.151 e. The summed E-state index contributed by atoms with van der Waals surface area (Å²) in [6, 6.07) is 60.7. The standard InChI is InChI=1S/C45H29N3O2/c1-2-14-30(15-3-1)35-29-37(46-36-17-5-4-16-34(35)36)31-26-32(47-38-18-6-10-22-42(38)49-43-23-11-7-19-39(43)47)28-33(27-31)48-40-20-8-12-24-44(40)50-45-25-13-9-21-41(45)48/h1-29H. The van der Waals surface area contributed by atoms with Crippen molar-refractivity contribution >= 4 is 45.0 Å². The normalized spacial score (nSPS) is 12.6. The van der Waals surface area contributed by atoms with Crippen molar-refractivity contribution in [1.82, 2.24) is 4.98 Å². The van der Waals surface area contributed by atoms with E-state index in [-0.39, 0.29) is 0 Å². The van der Waals surface area contributed by atoms with Gasteiger partial charge in [0.05, 0.1) is 34.0 Å². The van der Waals surface area contributed by atoms with E-state index in [1.807, 2.05) is 48.5 Å². The fourth-order valence-corrected chi connectivity index (χ4v) is 7.15.